The van der Waals surface area contributed by atoms with Crippen LogP contribution in [0, 0.1) is 5.82 Å². The Balaban J connectivity index is 0.000000574. The van der Waals surface area contributed by atoms with Gasteiger partial charge in [-0.1, -0.05) is 6.07 Å². The summed E-state index contributed by atoms with van der Waals surface area (Å²) >= 11 is 0. The monoisotopic (exact) mass is 246 g/mol. The Kier molecular flexibility index (Phi) is 3.89. The van der Waals surface area contributed by atoms with Crippen LogP contribution < -0.4 is 10.5 Å². The number of hydrogen-bond donors (Lipinski definition) is 1. The van der Waals surface area contributed by atoms with E-state index < -0.39 is 0 Å². The molecule has 94 valence electrons. The molecule has 0 atom stereocenters. The van der Waals surface area contributed by atoms with Crippen molar-refractivity contribution in [3.63, 3.8) is 0 Å². The zero-order chi connectivity index (χ0) is 13.0. The number of benzene rings is 1. The number of halogens is 1. The third-order valence-corrected chi connectivity index (χ3v) is 2.76. The molecule has 1 aliphatic heterocycles. The minimum Gasteiger partial charge on any atom is -0.455 e. The van der Waals surface area contributed by atoms with Crippen LogP contribution in [0.5, 0.6) is 11.5 Å². The maximum Gasteiger partial charge on any atom is 0.148 e. The van der Waals surface area contributed by atoms with Gasteiger partial charge in [0.25, 0.3) is 0 Å². The van der Waals surface area contributed by atoms with Crippen LogP contribution in [0.4, 0.5) is 4.39 Å². The van der Waals surface area contributed by atoms with Gasteiger partial charge < -0.3 is 10.5 Å². The highest BCUT2D eigenvalue weighted by Gasteiger charge is 2.17. The summed E-state index contributed by atoms with van der Waals surface area (Å²) in [6, 6.07) is 8.60. The number of rotatable bonds is 0. The molecule has 1 aromatic carbocycles. The molecular weight excluding hydrogens is 231 g/mol. The molecule has 0 amide bonds. The molecule has 18 heavy (non-hydrogen) atoms. The average Bonchev–Trinajstić information content (AvgIpc) is 2.61. The lowest BCUT2D eigenvalue weighted by Gasteiger charge is -2.07. The molecular formula is C14H15FN2O. The summed E-state index contributed by atoms with van der Waals surface area (Å²) in [6.45, 7) is 0. The van der Waals surface area contributed by atoms with E-state index in [2.05, 4.69) is 10.7 Å². The maximum atomic E-state index is 13.6. The lowest BCUT2D eigenvalue weighted by molar-refractivity contribution is 0.470. The van der Waals surface area contributed by atoms with Crippen molar-refractivity contribution < 1.29 is 9.13 Å². The van der Waals surface area contributed by atoms with Crippen molar-refractivity contribution in [1.29, 1.82) is 0 Å². The molecule has 1 aromatic heterocycles. The third kappa shape index (κ3) is 2.33. The number of nitrogens with two attached hydrogens (primary N) is 1. The second-order valence-electron chi connectivity index (χ2n) is 3.77. The largest absolute Gasteiger partial charge is 0.455 e. The third-order valence-electron chi connectivity index (χ3n) is 2.76. The van der Waals surface area contributed by atoms with Crippen LogP contribution in [0.2, 0.25) is 0 Å². The molecule has 0 fully saturated rings. The van der Waals surface area contributed by atoms with Gasteiger partial charge in [-0.25, -0.2) is 4.39 Å². The van der Waals surface area contributed by atoms with Gasteiger partial charge in [0, 0.05) is 11.8 Å². The fraction of sp³-hybridized carbons (Fsp3) is 0.214. The van der Waals surface area contributed by atoms with E-state index >= 15 is 0 Å². The molecule has 2 aromatic rings. The summed E-state index contributed by atoms with van der Waals surface area (Å²) in [6.07, 6.45) is 3.07. The fourth-order valence-corrected chi connectivity index (χ4v) is 1.94. The summed E-state index contributed by atoms with van der Waals surface area (Å²) in [7, 11) is 1.50. The smallest absolute Gasteiger partial charge is 0.148 e. The summed E-state index contributed by atoms with van der Waals surface area (Å²) in [5.74, 6) is 1.13. The SMILES string of the molecule is CN.Fc1cccc2c1CCc1ncccc1O2. The highest BCUT2D eigenvalue weighted by Crippen LogP contribution is 2.33. The minimum atomic E-state index is -0.203. The number of aromatic nitrogens is 1. The van der Waals surface area contributed by atoms with E-state index in [0.29, 0.717) is 24.2 Å². The molecule has 0 spiro atoms. The zero-order valence-corrected chi connectivity index (χ0v) is 10.2. The molecule has 2 heterocycles. The van der Waals surface area contributed by atoms with Crippen LogP contribution in [0.15, 0.2) is 36.5 Å². The quantitative estimate of drug-likeness (QED) is 0.777. The Labute approximate surface area is 105 Å². The van der Waals surface area contributed by atoms with Crippen molar-refractivity contribution in [2.45, 2.75) is 12.8 Å². The van der Waals surface area contributed by atoms with Crippen LogP contribution >= 0.6 is 0 Å². The predicted molar refractivity (Wildman–Crippen MR) is 68.2 cm³/mol. The summed E-state index contributed by atoms with van der Waals surface area (Å²) < 4.78 is 19.3. The topological polar surface area (TPSA) is 48.1 Å². The molecule has 0 radical (unpaired) electrons. The van der Waals surface area contributed by atoms with Gasteiger partial charge >= 0.3 is 0 Å². The molecule has 0 aliphatic carbocycles. The maximum absolute atomic E-state index is 13.6. The zero-order valence-electron chi connectivity index (χ0n) is 10.2. The van der Waals surface area contributed by atoms with Crippen molar-refractivity contribution in [2.75, 3.05) is 7.05 Å². The standard InChI is InChI=1S/C13H10FNO.CH5N/c14-10-3-1-4-12-9(10)6-7-11-13(16-12)5-2-8-15-11;1-2/h1-5,8H,6-7H2;2H2,1H3. The van der Waals surface area contributed by atoms with E-state index in [0.717, 1.165) is 11.4 Å². The van der Waals surface area contributed by atoms with Crippen LogP contribution in [0.3, 0.4) is 0 Å². The van der Waals surface area contributed by atoms with Crippen LogP contribution in [0.1, 0.15) is 11.3 Å². The number of hydrogen-bond acceptors (Lipinski definition) is 3. The van der Waals surface area contributed by atoms with E-state index in [4.69, 9.17) is 4.74 Å². The van der Waals surface area contributed by atoms with E-state index in [1.165, 1.54) is 13.1 Å². The van der Waals surface area contributed by atoms with Crippen molar-refractivity contribution in [3.8, 4) is 11.5 Å². The first-order valence-corrected chi connectivity index (χ1v) is 5.81. The Hall–Kier alpha value is -1.94. The number of ether oxygens (including phenoxy) is 1. The van der Waals surface area contributed by atoms with E-state index in [1.807, 2.05) is 12.1 Å². The Morgan fingerprint density at radius 3 is 2.72 bits per heavy atom. The minimum absolute atomic E-state index is 0.203. The van der Waals surface area contributed by atoms with Crippen LogP contribution in [-0.4, -0.2) is 12.0 Å². The van der Waals surface area contributed by atoms with Crippen molar-refractivity contribution in [1.82, 2.24) is 4.98 Å². The molecule has 0 unspecified atom stereocenters. The highest BCUT2D eigenvalue weighted by molar-refractivity contribution is 5.43. The van der Waals surface area contributed by atoms with Gasteiger partial charge in [0.1, 0.15) is 17.3 Å². The number of nitrogens with zero attached hydrogens (tertiary/aromatic N) is 1. The Morgan fingerprint density at radius 2 is 1.89 bits per heavy atom. The Morgan fingerprint density at radius 1 is 1.11 bits per heavy atom. The van der Waals surface area contributed by atoms with Gasteiger partial charge in [-0.2, -0.15) is 0 Å². The van der Waals surface area contributed by atoms with Gasteiger partial charge in [-0.15, -0.1) is 0 Å². The number of fused-ring (bicyclic) bond motifs is 2. The molecule has 1 aliphatic rings. The molecule has 4 heteroatoms. The lowest BCUT2D eigenvalue weighted by Crippen LogP contribution is -1.93. The average molecular weight is 246 g/mol. The summed E-state index contributed by atoms with van der Waals surface area (Å²) in [5.41, 5.74) is 6.03. The predicted octanol–water partition coefficient (Wildman–Crippen LogP) is 2.69. The summed E-state index contributed by atoms with van der Waals surface area (Å²) in [4.78, 5) is 4.24. The van der Waals surface area contributed by atoms with Gasteiger partial charge in [-0.3, -0.25) is 4.98 Å². The molecule has 0 saturated heterocycles. The van der Waals surface area contributed by atoms with Gasteiger partial charge in [0.15, 0.2) is 0 Å². The lowest BCUT2D eigenvalue weighted by atomic mass is 10.1. The Bertz CT molecular complexity index is 543. The van der Waals surface area contributed by atoms with Gasteiger partial charge in [0.2, 0.25) is 0 Å². The van der Waals surface area contributed by atoms with Gasteiger partial charge in [0.05, 0.1) is 5.69 Å². The highest BCUT2D eigenvalue weighted by atomic mass is 19.1. The van der Waals surface area contributed by atoms with E-state index in [9.17, 15) is 4.39 Å². The van der Waals surface area contributed by atoms with Crippen molar-refractivity contribution in [3.05, 3.63) is 53.6 Å². The first kappa shape index (κ1) is 12.5. The van der Waals surface area contributed by atoms with E-state index in [1.54, 1.807) is 18.3 Å². The molecule has 0 saturated carbocycles. The number of pyridine rings is 1. The number of aryl methyl sites for hydroxylation is 1. The molecule has 3 rings (SSSR count). The van der Waals surface area contributed by atoms with Crippen molar-refractivity contribution >= 4 is 0 Å². The van der Waals surface area contributed by atoms with Gasteiger partial charge in [-0.05, 0) is 44.2 Å². The fourth-order valence-electron chi connectivity index (χ4n) is 1.94. The second-order valence-corrected chi connectivity index (χ2v) is 3.77. The molecule has 0 bridgehead atoms. The van der Waals surface area contributed by atoms with E-state index in [-0.39, 0.29) is 5.82 Å². The molecule has 3 nitrogen and oxygen atoms in total. The molecule has 2 N–H and O–H groups in total. The first-order valence-electron chi connectivity index (χ1n) is 5.81. The van der Waals surface area contributed by atoms with Crippen LogP contribution in [0.25, 0.3) is 0 Å². The van der Waals surface area contributed by atoms with Crippen LogP contribution in [-0.2, 0) is 12.8 Å². The summed E-state index contributed by atoms with van der Waals surface area (Å²) in [5, 5.41) is 0. The first-order chi connectivity index (χ1) is 8.84. The second kappa shape index (κ2) is 5.60. The normalized spacial score (nSPS) is 12.2. The van der Waals surface area contributed by atoms with Crippen molar-refractivity contribution in [2.24, 2.45) is 5.73 Å².